The van der Waals surface area contributed by atoms with Crippen molar-refractivity contribution in [1.82, 2.24) is 10.6 Å². The molecule has 2 rings (SSSR count). The number of guanidine groups is 1. The highest BCUT2D eigenvalue weighted by atomic mass is 19.1. The van der Waals surface area contributed by atoms with Crippen molar-refractivity contribution in [2.45, 2.75) is 32.7 Å². The largest absolute Gasteiger partial charge is 0.490 e. The van der Waals surface area contributed by atoms with Gasteiger partial charge in [0.1, 0.15) is 0 Å². The molecule has 0 bridgehead atoms. The van der Waals surface area contributed by atoms with Gasteiger partial charge in [-0.1, -0.05) is 6.07 Å². The second-order valence-corrected chi connectivity index (χ2v) is 6.68. The minimum Gasteiger partial charge on any atom is -0.490 e. The van der Waals surface area contributed by atoms with E-state index in [1.165, 1.54) is 18.9 Å². The summed E-state index contributed by atoms with van der Waals surface area (Å²) in [5.74, 6) is 1.28. The number of methoxy groups -OCH3 is 1. The Morgan fingerprint density at radius 2 is 2.11 bits per heavy atom. The molecule has 1 aromatic carbocycles. The van der Waals surface area contributed by atoms with E-state index in [2.05, 4.69) is 15.6 Å². The molecule has 1 aromatic rings. The van der Waals surface area contributed by atoms with Gasteiger partial charge in [-0.3, -0.25) is 4.99 Å². The van der Waals surface area contributed by atoms with Crippen LogP contribution < -0.4 is 15.4 Å². The number of nitrogens with zero attached hydrogens (tertiary/aromatic N) is 1. The lowest BCUT2D eigenvalue weighted by Gasteiger charge is -2.19. The van der Waals surface area contributed by atoms with E-state index in [1.54, 1.807) is 13.2 Å². The molecule has 27 heavy (non-hydrogen) atoms. The normalized spacial score (nSPS) is 15.5. The van der Waals surface area contributed by atoms with Crippen molar-refractivity contribution < 1.29 is 18.6 Å². The number of hydrogen-bond donors (Lipinski definition) is 2. The quantitative estimate of drug-likeness (QED) is 0.331. The zero-order valence-corrected chi connectivity index (χ0v) is 16.6. The van der Waals surface area contributed by atoms with Crippen molar-refractivity contribution in [3.63, 3.8) is 0 Å². The predicted octanol–water partition coefficient (Wildman–Crippen LogP) is 2.89. The zero-order chi connectivity index (χ0) is 19.5. The third kappa shape index (κ3) is 8.13. The summed E-state index contributed by atoms with van der Waals surface area (Å²) in [7, 11) is 1.64. The van der Waals surface area contributed by atoms with Gasteiger partial charge < -0.3 is 24.8 Å². The SMILES string of the molecule is CCNC(=NCCOCCOC)NC(C)c1ccc(OCC2CC2)c(F)c1. The highest BCUT2D eigenvalue weighted by Crippen LogP contribution is 2.30. The van der Waals surface area contributed by atoms with Crippen LogP contribution in [0.15, 0.2) is 23.2 Å². The van der Waals surface area contributed by atoms with E-state index in [0.717, 1.165) is 12.1 Å². The van der Waals surface area contributed by atoms with Crippen LogP contribution >= 0.6 is 0 Å². The maximum atomic E-state index is 14.3. The first-order chi connectivity index (χ1) is 13.1. The zero-order valence-electron chi connectivity index (χ0n) is 16.6. The Labute approximate surface area is 161 Å². The van der Waals surface area contributed by atoms with Gasteiger partial charge in [0.15, 0.2) is 17.5 Å². The Kier molecular flexibility index (Phi) is 9.35. The summed E-state index contributed by atoms with van der Waals surface area (Å²) in [5, 5.41) is 6.49. The Morgan fingerprint density at radius 1 is 1.30 bits per heavy atom. The average molecular weight is 381 g/mol. The number of nitrogens with one attached hydrogen (secondary N) is 2. The maximum absolute atomic E-state index is 14.3. The Balaban J connectivity index is 1.85. The van der Waals surface area contributed by atoms with Crippen molar-refractivity contribution in [1.29, 1.82) is 0 Å². The minimum absolute atomic E-state index is 0.0933. The molecular weight excluding hydrogens is 349 g/mol. The van der Waals surface area contributed by atoms with Gasteiger partial charge in [-0.25, -0.2) is 4.39 Å². The Morgan fingerprint density at radius 3 is 2.78 bits per heavy atom. The lowest BCUT2D eigenvalue weighted by molar-refractivity contribution is 0.0748. The first kappa shape index (κ1) is 21.4. The second kappa shape index (κ2) is 11.8. The number of ether oxygens (including phenoxy) is 3. The molecule has 1 saturated carbocycles. The second-order valence-electron chi connectivity index (χ2n) is 6.68. The van der Waals surface area contributed by atoms with Crippen LogP contribution in [0, 0.1) is 11.7 Å². The monoisotopic (exact) mass is 381 g/mol. The molecule has 152 valence electrons. The standard InChI is InChI=1S/C20H32FN3O3/c1-4-22-20(23-9-10-26-12-11-25-3)24-15(2)17-7-8-19(18(21)13-17)27-14-16-5-6-16/h7-8,13,15-16H,4-6,9-12,14H2,1-3H3,(H2,22,23,24). The van der Waals surface area contributed by atoms with Gasteiger partial charge in [0.2, 0.25) is 0 Å². The minimum atomic E-state index is -0.324. The third-order valence-corrected chi connectivity index (χ3v) is 4.26. The van der Waals surface area contributed by atoms with Crippen LogP contribution in [0.25, 0.3) is 0 Å². The van der Waals surface area contributed by atoms with Crippen LogP contribution in [0.4, 0.5) is 4.39 Å². The number of benzene rings is 1. The molecule has 7 heteroatoms. The van der Waals surface area contributed by atoms with Gasteiger partial charge in [0.25, 0.3) is 0 Å². The summed E-state index contributed by atoms with van der Waals surface area (Å²) in [4.78, 5) is 4.48. The lowest BCUT2D eigenvalue weighted by Crippen LogP contribution is -2.39. The van der Waals surface area contributed by atoms with Crippen molar-refractivity contribution in [3.05, 3.63) is 29.6 Å². The molecule has 1 aliphatic carbocycles. The number of halogens is 1. The molecule has 0 heterocycles. The van der Waals surface area contributed by atoms with Crippen LogP contribution in [0.1, 0.15) is 38.3 Å². The fourth-order valence-electron chi connectivity index (χ4n) is 2.47. The summed E-state index contributed by atoms with van der Waals surface area (Å²) >= 11 is 0. The van der Waals surface area contributed by atoms with Gasteiger partial charge in [0.05, 0.1) is 39.0 Å². The number of aliphatic imine (C=N–C) groups is 1. The summed E-state index contributed by atoms with van der Waals surface area (Å²) < 4.78 is 30.2. The molecule has 0 spiro atoms. The predicted molar refractivity (Wildman–Crippen MR) is 105 cm³/mol. The summed E-state index contributed by atoms with van der Waals surface area (Å²) in [5.41, 5.74) is 0.841. The van der Waals surface area contributed by atoms with E-state index in [4.69, 9.17) is 14.2 Å². The lowest BCUT2D eigenvalue weighted by atomic mass is 10.1. The topological polar surface area (TPSA) is 64.1 Å². The molecule has 0 aliphatic heterocycles. The molecule has 1 fully saturated rings. The number of rotatable bonds is 12. The van der Waals surface area contributed by atoms with Crippen molar-refractivity contribution in [2.24, 2.45) is 10.9 Å². The van der Waals surface area contributed by atoms with E-state index in [-0.39, 0.29) is 11.9 Å². The van der Waals surface area contributed by atoms with Crippen LogP contribution in [0.5, 0.6) is 5.75 Å². The molecule has 0 saturated heterocycles. The molecule has 6 nitrogen and oxygen atoms in total. The maximum Gasteiger partial charge on any atom is 0.191 e. The molecule has 1 unspecified atom stereocenters. The van der Waals surface area contributed by atoms with Crippen molar-refractivity contribution >= 4 is 5.96 Å². The molecule has 1 atom stereocenters. The smallest absolute Gasteiger partial charge is 0.191 e. The fourth-order valence-corrected chi connectivity index (χ4v) is 2.47. The summed E-state index contributed by atoms with van der Waals surface area (Å²) in [6, 6.07) is 5.03. The van der Waals surface area contributed by atoms with Gasteiger partial charge in [-0.15, -0.1) is 0 Å². The average Bonchev–Trinajstić information content (AvgIpc) is 3.48. The summed E-state index contributed by atoms with van der Waals surface area (Å²) in [6.07, 6.45) is 2.37. The Hall–Kier alpha value is -1.86. The van der Waals surface area contributed by atoms with Gasteiger partial charge in [-0.05, 0) is 50.3 Å². The van der Waals surface area contributed by atoms with Gasteiger partial charge in [0, 0.05) is 13.7 Å². The van der Waals surface area contributed by atoms with E-state index in [9.17, 15) is 4.39 Å². The third-order valence-electron chi connectivity index (χ3n) is 4.26. The highest BCUT2D eigenvalue weighted by molar-refractivity contribution is 5.80. The van der Waals surface area contributed by atoms with Crippen LogP contribution in [-0.4, -0.2) is 52.6 Å². The fraction of sp³-hybridized carbons (Fsp3) is 0.650. The van der Waals surface area contributed by atoms with Crippen LogP contribution in [0.3, 0.4) is 0 Å². The van der Waals surface area contributed by atoms with Crippen LogP contribution in [0.2, 0.25) is 0 Å². The van der Waals surface area contributed by atoms with Gasteiger partial charge in [-0.2, -0.15) is 0 Å². The Bertz CT molecular complexity index is 594. The summed E-state index contributed by atoms with van der Waals surface area (Å²) in [6.45, 7) is 7.51. The van der Waals surface area contributed by atoms with E-state index in [1.807, 2.05) is 19.9 Å². The van der Waals surface area contributed by atoms with E-state index < -0.39 is 0 Å². The molecule has 1 aliphatic rings. The molecular formula is C20H32FN3O3. The van der Waals surface area contributed by atoms with Crippen LogP contribution in [-0.2, 0) is 9.47 Å². The first-order valence-electron chi connectivity index (χ1n) is 9.67. The number of hydrogen-bond acceptors (Lipinski definition) is 4. The molecule has 2 N–H and O–H groups in total. The molecule has 0 amide bonds. The van der Waals surface area contributed by atoms with E-state index in [0.29, 0.717) is 50.6 Å². The molecule has 0 radical (unpaired) electrons. The van der Waals surface area contributed by atoms with Gasteiger partial charge >= 0.3 is 0 Å². The first-order valence-corrected chi connectivity index (χ1v) is 9.67. The molecule has 0 aromatic heterocycles. The van der Waals surface area contributed by atoms with E-state index >= 15 is 0 Å². The van der Waals surface area contributed by atoms with Crippen molar-refractivity contribution in [2.75, 3.05) is 46.6 Å². The highest BCUT2D eigenvalue weighted by Gasteiger charge is 2.22. The van der Waals surface area contributed by atoms with Crippen molar-refractivity contribution in [3.8, 4) is 5.75 Å².